The average molecular weight is 254 g/mol. The van der Waals surface area contributed by atoms with Crippen LogP contribution in [0, 0.1) is 11.7 Å². The van der Waals surface area contributed by atoms with E-state index in [-0.39, 0.29) is 10.9 Å². The Morgan fingerprint density at radius 2 is 2.29 bits per heavy atom. The summed E-state index contributed by atoms with van der Waals surface area (Å²) in [5.41, 5.74) is 0.357. The van der Waals surface area contributed by atoms with Crippen molar-refractivity contribution < 1.29 is 9.18 Å². The van der Waals surface area contributed by atoms with Crippen molar-refractivity contribution in [3.05, 3.63) is 46.8 Å². The van der Waals surface area contributed by atoms with Gasteiger partial charge in [0.05, 0.1) is 10.6 Å². The molecule has 2 rings (SSSR count). The van der Waals surface area contributed by atoms with Crippen LogP contribution < -0.4 is 0 Å². The molecule has 17 heavy (non-hydrogen) atoms. The van der Waals surface area contributed by atoms with Gasteiger partial charge in [0.25, 0.3) is 5.91 Å². The zero-order valence-electron chi connectivity index (χ0n) is 9.49. The minimum absolute atomic E-state index is 0.147. The second kappa shape index (κ2) is 4.88. The summed E-state index contributed by atoms with van der Waals surface area (Å²) >= 11 is 5.87. The van der Waals surface area contributed by atoms with Gasteiger partial charge >= 0.3 is 0 Å². The van der Waals surface area contributed by atoms with Crippen LogP contribution in [0.15, 0.2) is 30.4 Å². The molecule has 0 N–H and O–H groups in total. The number of rotatable bonds is 1. The van der Waals surface area contributed by atoms with Gasteiger partial charge in [0.2, 0.25) is 0 Å². The number of carbonyl (C=O) groups is 1. The Bertz CT molecular complexity index is 472. The van der Waals surface area contributed by atoms with Gasteiger partial charge in [-0.15, -0.1) is 0 Å². The zero-order valence-corrected chi connectivity index (χ0v) is 10.2. The number of nitrogens with zero attached hydrogens (tertiary/aromatic N) is 1. The second-order valence-electron chi connectivity index (χ2n) is 4.24. The van der Waals surface area contributed by atoms with E-state index < -0.39 is 5.82 Å². The fourth-order valence-electron chi connectivity index (χ4n) is 1.90. The van der Waals surface area contributed by atoms with E-state index in [0.29, 0.717) is 24.6 Å². The second-order valence-corrected chi connectivity index (χ2v) is 4.65. The SMILES string of the molecule is CC1C=CCN(C(=O)c2ccc(F)cc2Cl)C1. The van der Waals surface area contributed by atoms with E-state index in [1.807, 2.05) is 13.0 Å². The topological polar surface area (TPSA) is 20.3 Å². The molecule has 1 aliphatic heterocycles. The van der Waals surface area contributed by atoms with Crippen LogP contribution in [0.1, 0.15) is 17.3 Å². The summed E-state index contributed by atoms with van der Waals surface area (Å²) in [7, 11) is 0. The molecule has 1 aliphatic rings. The molecule has 90 valence electrons. The highest BCUT2D eigenvalue weighted by Crippen LogP contribution is 2.20. The molecule has 2 nitrogen and oxygen atoms in total. The molecule has 0 fully saturated rings. The summed E-state index contributed by atoms with van der Waals surface area (Å²) in [5, 5.41) is 0.164. The molecule has 0 aliphatic carbocycles. The largest absolute Gasteiger partial charge is 0.334 e. The van der Waals surface area contributed by atoms with Crippen LogP contribution in [-0.2, 0) is 0 Å². The molecular weight excluding hydrogens is 241 g/mol. The van der Waals surface area contributed by atoms with Crippen molar-refractivity contribution >= 4 is 17.5 Å². The smallest absolute Gasteiger partial charge is 0.255 e. The van der Waals surface area contributed by atoms with Gasteiger partial charge in [-0.25, -0.2) is 4.39 Å². The number of hydrogen-bond donors (Lipinski definition) is 0. The van der Waals surface area contributed by atoms with Crippen LogP contribution in [0.3, 0.4) is 0 Å². The molecule has 1 aromatic carbocycles. The molecule has 0 radical (unpaired) electrons. The molecule has 4 heteroatoms. The maximum absolute atomic E-state index is 12.9. The number of amides is 1. The predicted molar refractivity (Wildman–Crippen MR) is 65.6 cm³/mol. The van der Waals surface area contributed by atoms with Gasteiger partial charge in [0, 0.05) is 13.1 Å². The molecule has 1 heterocycles. The highest BCUT2D eigenvalue weighted by molar-refractivity contribution is 6.33. The minimum Gasteiger partial charge on any atom is -0.334 e. The van der Waals surface area contributed by atoms with Gasteiger partial charge in [0.1, 0.15) is 5.82 Å². The molecule has 1 aromatic rings. The van der Waals surface area contributed by atoms with E-state index in [1.54, 1.807) is 4.90 Å². The average Bonchev–Trinajstić information content (AvgIpc) is 2.28. The van der Waals surface area contributed by atoms with Crippen LogP contribution in [0.4, 0.5) is 4.39 Å². The lowest BCUT2D eigenvalue weighted by Gasteiger charge is -2.27. The van der Waals surface area contributed by atoms with Crippen molar-refractivity contribution in [3.8, 4) is 0 Å². The van der Waals surface area contributed by atoms with Crippen molar-refractivity contribution in [1.82, 2.24) is 4.90 Å². The molecule has 0 bridgehead atoms. The molecule has 1 unspecified atom stereocenters. The van der Waals surface area contributed by atoms with Gasteiger partial charge < -0.3 is 4.90 Å². The van der Waals surface area contributed by atoms with Gasteiger partial charge in [-0.2, -0.15) is 0 Å². The number of benzene rings is 1. The molecule has 0 saturated heterocycles. The van der Waals surface area contributed by atoms with Crippen LogP contribution in [0.5, 0.6) is 0 Å². The normalized spacial score (nSPS) is 19.5. The third-order valence-corrected chi connectivity index (χ3v) is 3.06. The van der Waals surface area contributed by atoms with Crippen molar-refractivity contribution in [1.29, 1.82) is 0 Å². The van der Waals surface area contributed by atoms with Gasteiger partial charge in [-0.05, 0) is 24.1 Å². The summed E-state index contributed by atoms with van der Waals surface area (Å²) in [6, 6.07) is 3.85. The third-order valence-electron chi connectivity index (χ3n) is 2.75. The quantitative estimate of drug-likeness (QED) is 0.704. The number of hydrogen-bond acceptors (Lipinski definition) is 1. The summed E-state index contributed by atoms with van der Waals surface area (Å²) in [4.78, 5) is 13.9. The first-order valence-electron chi connectivity index (χ1n) is 5.49. The van der Waals surface area contributed by atoms with Crippen LogP contribution >= 0.6 is 11.6 Å². The first-order valence-corrected chi connectivity index (χ1v) is 5.86. The van der Waals surface area contributed by atoms with E-state index >= 15 is 0 Å². The van der Waals surface area contributed by atoms with Crippen molar-refractivity contribution in [2.45, 2.75) is 6.92 Å². The Balaban J connectivity index is 2.22. The lowest BCUT2D eigenvalue weighted by Crippen LogP contribution is -2.37. The molecule has 1 amide bonds. The van der Waals surface area contributed by atoms with Gasteiger partial charge in [-0.1, -0.05) is 30.7 Å². The van der Waals surface area contributed by atoms with Gasteiger partial charge in [0.15, 0.2) is 0 Å². The van der Waals surface area contributed by atoms with Crippen molar-refractivity contribution in [2.75, 3.05) is 13.1 Å². The molecule has 0 aromatic heterocycles. The summed E-state index contributed by atoms with van der Waals surface area (Å²) in [5.74, 6) is -0.239. The molecule has 0 saturated carbocycles. The van der Waals surface area contributed by atoms with E-state index in [0.717, 1.165) is 6.07 Å². The maximum atomic E-state index is 12.9. The van der Waals surface area contributed by atoms with E-state index in [4.69, 9.17) is 11.6 Å². The third kappa shape index (κ3) is 2.67. The fourth-order valence-corrected chi connectivity index (χ4v) is 2.15. The lowest BCUT2D eigenvalue weighted by molar-refractivity contribution is 0.0753. The minimum atomic E-state index is -0.432. The fraction of sp³-hybridized carbons (Fsp3) is 0.308. The van der Waals surface area contributed by atoms with Crippen LogP contribution in [-0.4, -0.2) is 23.9 Å². The first kappa shape index (κ1) is 12.1. The van der Waals surface area contributed by atoms with Crippen LogP contribution in [0.2, 0.25) is 5.02 Å². The summed E-state index contributed by atoms with van der Waals surface area (Å²) in [6.07, 6.45) is 4.04. The Kier molecular flexibility index (Phi) is 3.48. The Morgan fingerprint density at radius 3 is 2.94 bits per heavy atom. The standard InChI is InChI=1S/C13H13ClFNO/c1-9-3-2-6-16(8-9)13(17)11-5-4-10(15)7-12(11)14/h2-5,7,9H,6,8H2,1H3. The highest BCUT2D eigenvalue weighted by atomic mass is 35.5. The molecule has 0 spiro atoms. The van der Waals surface area contributed by atoms with E-state index in [9.17, 15) is 9.18 Å². The molecular formula is C13H13ClFNO. The summed E-state index contributed by atoms with van der Waals surface area (Å²) in [6.45, 7) is 3.29. The first-order chi connectivity index (χ1) is 8.08. The van der Waals surface area contributed by atoms with Crippen molar-refractivity contribution in [2.24, 2.45) is 5.92 Å². The molecule has 1 atom stereocenters. The van der Waals surface area contributed by atoms with E-state index in [1.165, 1.54) is 12.1 Å². The number of halogens is 2. The van der Waals surface area contributed by atoms with Crippen LogP contribution in [0.25, 0.3) is 0 Å². The predicted octanol–water partition coefficient (Wildman–Crippen LogP) is 3.13. The maximum Gasteiger partial charge on any atom is 0.255 e. The Labute approximate surface area is 105 Å². The number of carbonyl (C=O) groups excluding carboxylic acids is 1. The van der Waals surface area contributed by atoms with E-state index in [2.05, 4.69) is 6.08 Å². The van der Waals surface area contributed by atoms with Crippen molar-refractivity contribution in [3.63, 3.8) is 0 Å². The van der Waals surface area contributed by atoms with Gasteiger partial charge in [-0.3, -0.25) is 4.79 Å². The highest BCUT2D eigenvalue weighted by Gasteiger charge is 2.21. The Morgan fingerprint density at radius 1 is 1.53 bits per heavy atom. The lowest BCUT2D eigenvalue weighted by atomic mass is 10.1. The summed E-state index contributed by atoms with van der Waals surface area (Å²) < 4.78 is 12.9. The Hall–Kier alpha value is -1.35. The monoisotopic (exact) mass is 253 g/mol. The zero-order chi connectivity index (χ0) is 12.4.